The van der Waals surface area contributed by atoms with Crippen LogP contribution in [0.15, 0.2) is 0 Å². The molecule has 0 saturated heterocycles. The van der Waals surface area contributed by atoms with Crippen LogP contribution in [0.4, 0.5) is 0 Å². The number of benzene rings is 1. The van der Waals surface area contributed by atoms with Crippen LogP contribution in [0.2, 0.25) is 0 Å². The molecule has 1 aromatic rings. The summed E-state index contributed by atoms with van der Waals surface area (Å²) in [6, 6.07) is 0. The fourth-order valence-corrected chi connectivity index (χ4v) is 2.73. The van der Waals surface area contributed by atoms with Gasteiger partial charge >= 0.3 is 0 Å². The van der Waals surface area contributed by atoms with Gasteiger partial charge in [0.1, 0.15) is 11.5 Å². The van der Waals surface area contributed by atoms with Crippen molar-refractivity contribution in [2.24, 2.45) is 0 Å². The number of rotatable bonds is 2. The Labute approximate surface area is 125 Å². The Morgan fingerprint density at radius 3 is 2.43 bits per heavy atom. The molecular formula is C16H24N2O3. The fraction of sp³-hybridized carbons (Fsp3) is 0.562. The molecule has 0 radical (unpaired) electrons. The number of amides is 1. The van der Waals surface area contributed by atoms with Gasteiger partial charge in [0.2, 0.25) is 0 Å². The van der Waals surface area contributed by atoms with Crippen LogP contribution in [-0.2, 0) is 11.2 Å². The Balaban J connectivity index is 2.43. The van der Waals surface area contributed by atoms with Crippen molar-refractivity contribution in [1.82, 2.24) is 10.4 Å². The molecule has 1 aromatic carbocycles. The van der Waals surface area contributed by atoms with Crippen LogP contribution in [0.3, 0.4) is 0 Å². The summed E-state index contributed by atoms with van der Waals surface area (Å²) in [5, 5.41) is 11.8. The number of ether oxygens (including phenoxy) is 1. The molecular weight excluding hydrogens is 268 g/mol. The van der Waals surface area contributed by atoms with Crippen LogP contribution in [0.1, 0.15) is 35.6 Å². The molecule has 21 heavy (non-hydrogen) atoms. The summed E-state index contributed by atoms with van der Waals surface area (Å²) in [6.07, 6.45) is 1.30. The Hall–Kier alpha value is -1.75. The minimum atomic E-state index is -0.891. The van der Waals surface area contributed by atoms with E-state index in [2.05, 4.69) is 5.43 Å². The highest BCUT2D eigenvalue weighted by molar-refractivity contribution is 5.85. The monoisotopic (exact) mass is 292 g/mol. The van der Waals surface area contributed by atoms with E-state index >= 15 is 0 Å². The van der Waals surface area contributed by atoms with Gasteiger partial charge in [-0.15, -0.1) is 0 Å². The van der Waals surface area contributed by atoms with Crippen molar-refractivity contribution in [2.45, 2.75) is 46.1 Å². The van der Waals surface area contributed by atoms with Gasteiger partial charge < -0.3 is 9.84 Å². The maximum absolute atomic E-state index is 12.4. The van der Waals surface area contributed by atoms with E-state index in [1.807, 2.05) is 27.7 Å². The van der Waals surface area contributed by atoms with Crippen molar-refractivity contribution in [3.8, 4) is 11.5 Å². The average Bonchev–Trinajstić information content (AvgIpc) is 2.42. The number of carbonyl (C=O) groups excluding carboxylic acids is 1. The predicted molar refractivity (Wildman–Crippen MR) is 81.5 cm³/mol. The molecule has 5 nitrogen and oxygen atoms in total. The number of nitrogens with one attached hydrogen (secondary N) is 1. The molecule has 2 rings (SSSR count). The number of fused-ring (bicyclic) bond motifs is 1. The highest BCUT2D eigenvalue weighted by Gasteiger charge is 2.41. The van der Waals surface area contributed by atoms with Gasteiger partial charge in [0.05, 0.1) is 0 Å². The molecule has 5 heteroatoms. The van der Waals surface area contributed by atoms with Crippen LogP contribution < -0.4 is 10.2 Å². The number of carbonyl (C=O) groups is 1. The van der Waals surface area contributed by atoms with Gasteiger partial charge in [-0.25, -0.2) is 5.01 Å². The Bertz CT molecular complexity index is 596. The lowest BCUT2D eigenvalue weighted by Gasteiger charge is -2.37. The molecule has 0 aliphatic carbocycles. The number of hydrogen-bond donors (Lipinski definition) is 2. The highest BCUT2D eigenvalue weighted by atomic mass is 16.5. The van der Waals surface area contributed by atoms with Crippen molar-refractivity contribution in [3.63, 3.8) is 0 Å². The summed E-state index contributed by atoms with van der Waals surface area (Å²) in [4.78, 5) is 12.4. The molecule has 1 atom stereocenters. The van der Waals surface area contributed by atoms with Gasteiger partial charge in [-0.3, -0.25) is 10.2 Å². The molecule has 0 bridgehead atoms. The lowest BCUT2D eigenvalue weighted by Crippen LogP contribution is -2.54. The molecule has 1 aliphatic heterocycles. The first kappa shape index (κ1) is 15.6. The van der Waals surface area contributed by atoms with E-state index in [1.165, 1.54) is 0 Å². The zero-order valence-electron chi connectivity index (χ0n) is 13.6. The van der Waals surface area contributed by atoms with Crippen LogP contribution in [0, 0.1) is 20.8 Å². The average molecular weight is 292 g/mol. The first-order valence-electron chi connectivity index (χ1n) is 7.16. The SMILES string of the molecule is Cc1c(C)c2c(c(C)c1O)CCC(C)(C(=O)NN(C)C)O2. The van der Waals surface area contributed by atoms with Gasteiger partial charge in [-0.05, 0) is 50.8 Å². The molecule has 1 amide bonds. The van der Waals surface area contributed by atoms with Gasteiger partial charge in [0, 0.05) is 26.1 Å². The van der Waals surface area contributed by atoms with E-state index < -0.39 is 5.60 Å². The normalized spacial score (nSPS) is 20.9. The van der Waals surface area contributed by atoms with E-state index in [-0.39, 0.29) is 5.91 Å². The van der Waals surface area contributed by atoms with E-state index in [0.29, 0.717) is 18.6 Å². The Morgan fingerprint density at radius 1 is 1.24 bits per heavy atom. The van der Waals surface area contributed by atoms with Crippen LogP contribution in [0.25, 0.3) is 0 Å². The van der Waals surface area contributed by atoms with E-state index in [0.717, 1.165) is 28.0 Å². The molecule has 1 aliphatic rings. The standard InChI is InChI=1S/C16H24N2O3/c1-9-10(2)14-12(11(3)13(9)19)7-8-16(4,21-14)15(20)17-18(5)6/h19H,7-8H2,1-6H3,(H,17,20). The van der Waals surface area contributed by atoms with Gasteiger partial charge in [0.25, 0.3) is 5.91 Å². The van der Waals surface area contributed by atoms with Gasteiger partial charge in [-0.1, -0.05) is 0 Å². The quantitative estimate of drug-likeness (QED) is 0.818. The Kier molecular flexibility index (Phi) is 3.89. The number of phenolic OH excluding ortho intramolecular Hbond substituents is 1. The third-order valence-corrected chi connectivity index (χ3v) is 4.33. The highest BCUT2D eigenvalue weighted by Crippen LogP contribution is 2.43. The minimum absolute atomic E-state index is 0.152. The number of hydrazine groups is 1. The number of phenols is 1. The van der Waals surface area contributed by atoms with Crippen molar-refractivity contribution in [1.29, 1.82) is 0 Å². The number of aromatic hydroxyl groups is 1. The van der Waals surface area contributed by atoms with Crippen molar-refractivity contribution < 1.29 is 14.6 Å². The van der Waals surface area contributed by atoms with Crippen LogP contribution in [0.5, 0.6) is 11.5 Å². The predicted octanol–water partition coefficient (Wildman–Crippen LogP) is 1.99. The zero-order chi connectivity index (χ0) is 15.9. The number of hydrogen-bond acceptors (Lipinski definition) is 4. The van der Waals surface area contributed by atoms with Crippen molar-refractivity contribution in [3.05, 3.63) is 22.3 Å². The first-order valence-corrected chi connectivity index (χ1v) is 7.16. The first-order chi connectivity index (χ1) is 9.67. The maximum atomic E-state index is 12.4. The second-order valence-electron chi connectivity index (χ2n) is 6.20. The summed E-state index contributed by atoms with van der Waals surface area (Å²) >= 11 is 0. The summed E-state index contributed by atoms with van der Waals surface area (Å²) in [5.41, 5.74) is 5.44. The largest absolute Gasteiger partial charge is 0.507 e. The number of nitrogens with zero attached hydrogens (tertiary/aromatic N) is 1. The van der Waals surface area contributed by atoms with Crippen molar-refractivity contribution in [2.75, 3.05) is 14.1 Å². The molecule has 116 valence electrons. The molecule has 0 fully saturated rings. The Morgan fingerprint density at radius 2 is 1.86 bits per heavy atom. The minimum Gasteiger partial charge on any atom is -0.507 e. The van der Waals surface area contributed by atoms with E-state index in [1.54, 1.807) is 19.1 Å². The van der Waals surface area contributed by atoms with E-state index in [4.69, 9.17) is 4.74 Å². The fourth-order valence-electron chi connectivity index (χ4n) is 2.73. The zero-order valence-corrected chi connectivity index (χ0v) is 13.6. The molecule has 1 heterocycles. The smallest absolute Gasteiger partial charge is 0.278 e. The van der Waals surface area contributed by atoms with Gasteiger partial charge in [0.15, 0.2) is 5.60 Å². The molecule has 1 unspecified atom stereocenters. The molecule has 0 aromatic heterocycles. The molecule has 0 spiro atoms. The molecule has 0 saturated carbocycles. The van der Waals surface area contributed by atoms with Crippen LogP contribution in [-0.4, -0.2) is 35.7 Å². The maximum Gasteiger partial charge on any atom is 0.278 e. The molecule has 2 N–H and O–H groups in total. The van der Waals surface area contributed by atoms with Crippen molar-refractivity contribution >= 4 is 5.91 Å². The third kappa shape index (κ3) is 2.58. The summed E-state index contributed by atoms with van der Waals surface area (Å²) in [6.45, 7) is 7.49. The van der Waals surface area contributed by atoms with Gasteiger partial charge in [-0.2, -0.15) is 0 Å². The van der Waals surface area contributed by atoms with E-state index in [9.17, 15) is 9.90 Å². The second-order valence-corrected chi connectivity index (χ2v) is 6.20. The lowest BCUT2D eigenvalue weighted by atomic mass is 9.87. The second kappa shape index (κ2) is 5.22. The van der Waals surface area contributed by atoms with Crippen LogP contribution >= 0.6 is 0 Å². The summed E-state index contributed by atoms with van der Waals surface area (Å²) in [7, 11) is 3.55. The summed E-state index contributed by atoms with van der Waals surface area (Å²) in [5.74, 6) is 0.919. The third-order valence-electron chi connectivity index (χ3n) is 4.33. The topological polar surface area (TPSA) is 61.8 Å². The lowest BCUT2D eigenvalue weighted by molar-refractivity contribution is -0.141. The summed E-state index contributed by atoms with van der Waals surface area (Å²) < 4.78 is 6.08.